The summed E-state index contributed by atoms with van der Waals surface area (Å²) in [6.45, 7) is 0.880. The van der Waals surface area contributed by atoms with Crippen molar-refractivity contribution < 1.29 is 29.0 Å². The fourth-order valence-corrected chi connectivity index (χ4v) is 3.74. The minimum atomic E-state index is -0.989. The van der Waals surface area contributed by atoms with Crippen LogP contribution in [0.3, 0.4) is 0 Å². The summed E-state index contributed by atoms with van der Waals surface area (Å²) in [5.74, 6) is 0.358. The molecule has 4 rings (SSSR count). The van der Waals surface area contributed by atoms with Crippen LogP contribution in [0.5, 0.6) is 11.5 Å². The molecule has 0 unspecified atom stereocenters. The van der Waals surface area contributed by atoms with Crippen LogP contribution in [0.1, 0.15) is 28.7 Å². The Balaban J connectivity index is 1.30. The molecule has 0 saturated heterocycles. The molecule has 0 heterocycles. The topological polar surface area (TPSA) is 98.9 Å². The maximum atomic E-state index is 11.4. The number of hydrogen-bond acceptors (Lipinski definition) is 7. The Bertz CT molecular complexity index is 1400. The van der Waals surface area contributed by atoms with Crippen LogP contribution in [0, 0.1) is 0 Å². The largest absolute Gasteiger partial charge is 0.489 e. The van der Waals surface area contributed by atoms with Gasteiger partial charge in [-0.15, -0.1) is 0 Å². The molecule has 8 nitrogen and oxygen atoms in total. The standard InChI is InChI=1S/C32H30N2O6/c1-37-33-31(26-10-6-3-7-11-26)23-39-28-16-12-25(13-17-28)21-38-29-18-14-27(15-19-29)30(20-32(35)36)34-40-22-24-8-4-2-5-9-24/h2-19H,20-23H2,1H3,(H,35,36)/b33-31+,34-30-. The summed E-state index contributed by atoms with van der Waals surface area (Å²) in [6, 6.07) is 34.0. The van der Waals surface area contributed by atoms with Crippen LogP contribution in [0.4, 0.5) is 0 Å². The molecule has 1 N–H and O–H groups in total. The molecule has 8 heteroatoms. The van der Waals surface area contributed by atoms with Crippen LogP contribution in [0.25, 0.3) is 0 Å². The van der Waals surface area contributed by atoms with E-state index >= 15 is 0 Å². The van der Waals surface area contributed by atoms with E-state index in [1.165, 1.54) is 7.11 Å². The van der Waals surface area contributed by atoms with Gasteiger partial charge in [0.2, 0.25) is 0 Å². The number of nitrogens with zero attached hydrogens (tertiary/aromatic N) is 2. The fourth-order valence-electron chi connectivity index (χ4n) is 3.74. The SMILES string of the molecule is CO/N=C(\COc1ccc(COc2ccc(/C(CC(=O)O)=N\OCc3ccccc3)cc2)cc1)c1ccccc1. The summed E-state index contributed by atoms with van der Waals surface area (Å²) in [6.07, 6.45) is -0.256. The highest BCUT2D eigenvalue weighted by atomic mass is 16.6. The van der Waals surface area contributed by atoms with Gasteiger partial charge in [-0.1, -0.05) is 83.1 Å². The molecule has 4 aromatic carbocycles. The molecule has 0 aliphatic carbocycles. The minimum Gasteiger partial charge on any atom is -0.489 e. The van der Waals surface area contributed by atoms with E-state index in [0.717, 1.165) is 16.7 Å². The first-order valence-corrected chi connectivity index (χ1v) is 12.7. The molecule has 0 radical (unpaired) electrons. The molecule has 204 valence electrons. The monoisotopic (exact) mass is 538 g/mol. The van der Waals surface area contributed by atoms with Crippen molar-refractivity contribution >= 4 is 17.4 Å². The lowest BCUT2D eigenvalue weighted by atomic mass is 10.1. The Kier molecular flexibility index (Phi) is 10.3. The highest BCUT2D eigenvalue weighted by Crippen LogP contribution is 2.18. The molecule has 4 aromatic rings. The first-order chi connectivity index (χ1) is 19.6. The summed E-state index contributed by atoms with van der Waals surface area (Å²) in [5, 5.41) is 17.5. The van der Waals surface area contributed by atoms with Crippen molar-refractivity contribution in [2.24, 2.45) is 10.3 Å². The second kappa shape index (κ2) is 14.7. The van der Waals surface area contributed by atoms with Crippen molar-refractivity contribution in [1.82, 2.24) is 0 Å². The highest BCUT2D eigenvalue weighted by molar-refractivity contribution is 6.08. The van der Waals surface area contributed by atoms with E-state index in [0.29, 0.717) is 35.1 Å². The average Bonchev–Trinajstić information content (AvgIpc) is 2.99. The Morgan fingerprint density at radius 3 is 1.88 bits per heavy atom. The van der Waals surface area contributed by atoms with E-state index in [1.54, 1.807) is 24.3 Å². The van der Waals surface area contributed by atoms with Crippen molar-refractivity contribution in [2.45, 2.75) is 19.6 Å². The molecule has 0 aromatic heterocycles. The van der Waals surface area contributed by atoms with Crippen LogP contribution in [-0.2, 0) is 27.7 Å². The maximum absolute atomic E-state index is 11.4. The number of aliphatic carboxylic acids is 1. The molecule has 0 spiro atoms. The van der Waals surface area contributed by atoms with Gasteiger partial charge in [0.05, 0.1) is 12.1 Å². The minimum absolute atomic E-state index is 0.254. The number of carboxylic acids is 1. The second-order valence-corrected chi connectivity index (χ2v) is 8.70. The lowest BCUT2D eigenvalue weighted by molar-refractivity contribution is -0.135. The molecule has 0 amide bonds. The van der Waals surface area contributed by atoms with E-state index in [1.807, 2.05) is 84.9 Å². The summed E-state index contributed by atoms with van der Waals surface area (Å²) < 4.78 is 11.8. The van der Waals surface area contributed by atoms with Crippen LogP contribution < -0.4 is 9.47 Å². The third-order valence-corrected chi connectivity index (χ3v) is 5.77. The first-order valence-electron chi connectivity index (χ1n) is 12.7. The summed E-state index contributed by atoms with van der Waals surface area (Å²) in [5.41, 5.74) is 4.52. The summed E-state index contributed by atoms with van der Waals surface area (Å²) in [4.78, 5) is 21.7. The van der Waals surface area contributed by atoms with Crippen LogP contribution in [0.15, 0.2) is 120 Å². The zero-order valence-corrected chi connectivity index (χ0v) is 22.1. The summed E-state index contributed by atoms with van der Waals surface area (Å²) >= 11 is 0. The zero-order chi connectivity index (χ0) is 28.0. The van der Waals surface area contributed by atoms with Crippen molar-refractivity contribution in [3.63, 3.8) is 0 Å². The molecular formula is C32H30N2O6. The Morgan fingerprint density at radius 1 is 0.650 bits per heavy atom. The van der Waals surface area contributed by atoms with E-state index in [-0.39, 0.29) is 19.6 Å². The van der Waals surface area contributed by atoms with Gasteiger partial charge < -0.3 is 24.3 Å². The van der Waals surface area contributed by atoms with E-state index in [2.05, 4.69) is 10.3 Å². The third-order valence-electron chi connectivity index (χ3n) is 5.77. The molecule has 0 saturated carbocycles. The Labute approximate surface area is 233 Å². The van der Waals surface area contributed by atoms with Gasteiger partial charge >= 0.3 is 5.97 Å². The van der Waals surface area contributed by atoms with Gasteiger partial charge in [0.1, 0.15) is 44.1 Å². The van der Waals surface area contributed by atoms with Crippen molar-refractivity contribution in [2.75, 3.05) is 13.7 Å². The van der Waals surface area contributed by atoms with Gasteiger partial charge in [-0.2, -0.15) is 0 Å². The van der Waals surface area contributed by atoms with Gasteiger partial charge in [0.25, 0.3) is 0 Å². The molecule has 0 fully saturated rings. The smallest absolute Gasteiger partial charge is 0.309 e. The number of carboxylic acid groups (broad SMARTS) is 1. The lowest BCUT2D eigenvalue weighted by Crippen LogP contribution is -2.13. The first kappa shape index (κ1) is 27.9. The average molecular weight is 539 g/mol. The van der Waals surface area contributed by atoms with Crippen LogP contribution >= 0.6 is 0 Å². The number of rotatable bonds is 14. The van der Waals surface area contributed by atoms with Gasteiger partial charge in [-0.05, 0) is 47.5 Å². The van der Waals surface area contributed by atoms with E-state index < -0.39 is 5.97 Å². The molecule has 0 bridgehead atoms. The molecule has 40 heavy (non-hydrogen) atoms. The number of hydrogen-bond donors (Lipinski definition) is 1. The van der Waals surface area contributed by atoms with Gasteiger partial charge in [-0.25, -0.2) is 0 Å². The van der Waals surface area contributed by atoms with Crippen LogP contribution in [0.2, 0.25) is 0 Å². The van der Waals surface area contributed by atoms with E-state index in [9.17, 15) is 9.90 Å². The quantitative estimate of drug-likeness (QED) is 0.154. The van der Waals surface area contributed by atoms with Crippen molar-refractivity contribution in [3.8, 4) is 11.5 Å². The van der Waals surface area contributed by atoms with Gasteiger partial charge in [0, 0.05) is 11.1 Å². The number of oxime groups is 2. The van der Waals surface area contributed by atoms with Crippen molar-refractivity contribution in [3.05, 3.63) is 131 Å². The number of ether oxygens (including phenoxy) is 2. The molecule has 0 atom stereocenters. The third kappa shape index (κ3) is 8.73. The Morgan fingerprint density at radius 2 is 1.23 bits per heavy atom. The predicted octanol–water partition coefficient (Wildman–Crippen LogP) is 6.09. The van der Waals surface area contributed by atoms with E-state index in [4.69, 9.17) is 19.1 Å². The number of carbonyl (C=O) groups is 1. The Hall–Kier alpha value is -5.11. The lowest BCUT2D eigenvalue weighted by Gasteiger charge is -2.11. The number of benzene rings is 4. The van der Waals surface area contributed by atoms with Crippen molar-refractivity contribution in [1.29, 1.82) is 0 Å². The molecular weight excluding hydrogens is 508 g/mol. The summed E-state index contributed by atoms with van der Waals surface area (Å²) in [7, 11) is 1.51. The highest BCUT2D eigenvalue weighted by Gasteiger charge is 2.11. The predicted molar refractivity (Wildman–Crippen MR) is 153 cm³/mol. The maximum Gasteiger partial charge on any atom is 0.309 e. The van der Waals surface area contributed by atoms with Crippen LogP contribution in [-0.4, -0.2) is 36.2 Å². The second-order valence-electron chi connectivity index (χ2n) is 8.70. The normalized spacial score (nSPS) is 11.5. The molecule has 0 aliphatic rings. The van der Waals surface area contributed by atoms with Gasteiger partial charge in [-0.3, -0.25) is 4.79 Å². The molecule has 0 aliphatic heterocycles. The fraction of sp³-hybridized carbons (Fsp3) is 0.156. The van der Waals surface area contributed by atoms with Gasteiger partial charge in [0.15, 0.2) is 0 Å². The zero-order valence-electron chi connectivity index (χ0n) is 22.1.